The molecule has 1 rings (SSSR count). The Balaban J connectivity index is 2.71. The van der Waals surface area contributed by atoms with Crippen LogP contribution in [0.25, 0.3) is 0 Å². The monoisotopic (exact) mass is 245 g/mol. The number of hydrogen-bond donors (Lipinski definition) is 2. The van der Waals surface area contributed by atoms with E-state index in [1.807, 2.05) is 0 Å². The van der Waals surface area contributed by atoms with Crippen molar-refractivity contribution in [3.8, 4) is 0 Å². The molecule has 0 saturated heterocycles. The number of carboxylic acid groups (broad SMARTS) is 1. The third-order valence-corrected chi connectivity index (χ3v) is 2.20. The van der Waals surface area contributed by atoms with Crippen LogP contribution in [-0.4, -0.2) is 22.5 Å². The summed E-state index contributed by atoms with van der Waals surface area (Å²) < 4.78 is 4.77. The van der Waals surface area contributed by atoms with Crippen LogP contribution in [0.4, 0.5) is 0 Å². The van der Waals surface area contributed by atoms with Gasteiger partial charge in [0.05, 0.1) is 18.2 Å². The van der Waals surface area contributed by atoms with Gasteiger partial charge < -0.3 is 14.8 Å². The molecule has 0 atom stereocenters. The van der Waals surface area contributed by atoms with Gasteiger partial charge in [-0.2, -0.15) is 0 Å². The Morgan fingerprint density at radius 2 is 2.19 bits per heavy atom. The molecule has 1 amide bonds. The Morgan fingerprint density at radius 3 is 2.62 bits per heavy atom. The summed E-state index contributed by atoms with van der Waals surface area (Å²) in [5.41, 5.74) is -0.649. The third kappa shape index (κ3) is 3.27. The zero-order chi connectivity index (χ0) is 12.3. The zero-order valence-corrected chi connectivity index (χ0v) is 9.67. The fraction of sp³-hybridized carbons (Fsp3) is 0.400. The maximum absolute atomic E-state index is 11.7. The van der Waals surface area contributed by atoms with Crippen LogP contribution in [0.5, 0.6) is 0 Å². The van der Waals surface area contributed by atoms with Crippen molar-refractivity contribution < 1.29 is 19.1 Å². The summed E-state index contributed by atoms with van der Waals surface area (Å²) in [7, 11) is 0. The summed E-state index contributed by atoms with van der Waals surface area (Å²) in [4.78, 5) is 22.2. The van der Waals surface area contributed by atoms with E-state index >= 15 is 0 Å². The molecule has 16 heavy (non-hydrogen) atoms. The fourth-order valence-corrected chi connectivity index (χ4v) is 1.45. The van der Waals surface area contributed by atoms with Gasteiger partial charge in [-0.3, -0.25) is 9.59 Å². The van der Waals surface area contributed by atoms with Gasteiger partial charge in [0.25, 0.3) is 5.91 Å². The summed E-state index contributed by atoms with van der Waals surface area (Å²) in [6, 6.07) is 1.43. The van der Waals surface area contributed by atoms with Crippen LogP contribution in [0.15, 0.2) is 16.7 Å². The Labute approximate surface area is 97.4 Å². The standard InChI is InChI=1S/C10H12ClNO4/c1-10(2,5-7(13)14)12-9(15)6-3-4-16-8(6)11/h3-4H,5H2,1-2H3,(H,12,15)(H,13,14). The number of halogens is 1. The van der Waals surface area contributed by atoms with Crippen molar-refractivity contribution in [2.75, 3.05) is 0 Å². The molecular weight excluding hydrogens is 234 g/mol. The highest BCUT2D eigenvalue weighted by molar-refractivity contribution is 6.32. The fourth-order valence-electron chi connectivity index (χ4n) is 1.25. The van der Waals surface area contributed by atoms with Gasteiger partial charge in [-0.15, -0.1) is 0 Å². The molecule has 0 radical (unpaired) electrons. The maximum Gasteiger partial charge on any atom is 0.305 e. The first-order valence-electron chi connectivity index (χ1n) is 4.59. The number of aliphatic carboxylic acids is 1. The number of carboxylic acids is 1. The van der Waals surface area contributed by atoms with Gasteiger partial charge in [-0.05, 0) is 31.5 Å². The summed E-state index contributed by atoms with van der Waals surface area (Å²) in [5.74, 6) is -1.44. The van der Waals surface area contributed by atoms with E-state index in [4.69, 9.17) is 21.1 Å². The average molecular weight is 246 g/mol. The number of furan rings is 1. The van der Waals surface area contributed by atoms with E-state index in [1.165, 1.54) is 12.3 Å². The maximum atomic E-state index is 11.7. The molecule has 0 aliphatic rings. The smallest absolute Gasteiger partial charge is 0.305 e. The van der Waals surface area contributed by atoms with Gasteiger partial charge >= 0.3 is 5.97 Å². The normalized spacial score (nSPS) is 11.2. The Kier molecular flexibility index (Phi) is 3.59. The van der Waals surface area contributed by atoms with Crippen LogP contribution in [-0.2, 0) is 4.79 Å². The highest BCUT2D eigenvalue weighted by atomic mass is 35.5. The quantitative estimate of drug-likeness (QED) is 0.849. The number of amides is 1. The predicted molar refractivity (Wildman–Crippen MR) is 57.5 cm³/mol. The van der Waals surface area contributed by atoms with Gasteiger partial charge in [-0.25, -0.2) is 0 Å². The van der Waals surface area contributed by atoms with Crippen molar-refractivity contribution in [1.82, 2.24) is 5.32 Å². The molecule has 0 aromatic carbocycles. The number of carbonyl (C=O) groups is 2. The lowest BCUT2D eigenvalue weighted by molar-refractivity contribution is -0.138. The second-order valence-corrected chi connectivity index (χ2v) is 4.36. The lowest BCUT2D eigenvalue weighted by Gasteiger charge is -2.23. The lowest BCUT2D eigenvalue weighted by Crippen LogP contribution is -2.44. The van der Waals surface area contributed by atoms with Crippen molar-refractivity contribution in [3.63, 3.8) is 0 Å². The second kappa shape index (κ2) is 4.57. The summed E-state index contributed by atoms with van der Waals surface area (Å²) >= 11 is 5.63. The largest absolute Gasteiger partial charge is 0.481 e. The topological polar surface area (TPSA) is 79.5 Å². The Morgan fingerprint density at radius 1 is 1.56 bits per heavy atom. The SMILES string of the molecule is CC(C)(CC(=O)O)NC(=O)c1ccoc1Cl. The zero-order valence-electron chi connectivity index (χ0n) is 8.91. The average Bonchev–Trinajstić information content (AvgIpc) is 2.47. The highest BCUT2D eigenvalue weighted by Crippen LogP contribution is 2.18. The predicted octanol–water partition coefficient (Wildman–Crippen LogP) is 1.92. The molecule has 88 valence electrons. The first-order chi connectivity index (χ1) is 7.32. The van der Waals surface area contributed by atoms with Crippen molar-refractivity contribution in [3.05, 3.63) is 23.1 Å². The van der Waals surface area contributed by atoms with Crippen molar-refractivity contribution >= 4 is 23.5 Å². The van der Waals surface area contributed by atoms with Gasteiger partial charge in [0, 0.05) is 5.54 Å². The van der Waals surface area contributed by atoms with E-state index in [9.17, 15) is 9.59 Å². The highest BCUT2D eigenvalue weighted by Gasteiger charge is 2.25. The molecule has 0 saturated carbocycles. The minimum atomic E-state index is -0.983. The molecule has 0 aliphatic carbocycles. The van der Waals surface area contributed by atoms with Gasteiger partial charge in [0.1, 0.15) is 0 Å². The lowest BCUT2D eigenvalue weighted by atomic mass is 10.0. The molecule has 0 fully saturated rings. The van der Waals surface area contributed by atoms with Crippen LogP contribution in [0.3, 0.4) is 0 Å². The van der Waals surface area contributed by atoms with E-state index in [-0.39, 0.29) is 17.2 Å². The molecule has 0 aliphatic heterocycles. The third-order valence-electron chi connectivity index (χ3n) is 1.91. The van der Waals surface area contributed by atoms with Crippen LogP contribution < -0.4 is 5.32 Å². The summed E-state index contributed by atoms with van der Waals surface area (Å²) in [6.45, 7) is 3.24. The molecular formula is C10H12ClNO4. The number of rotatable bonds is 4. The molecule has 0 unspecified atom stereocenters. The Bertz CT molecular complexity index is 411. The second-order valence-electron chi connectivity index (χ2n) is 4.02. The van der Waals surface area contributed by atoms with E-state index in [1.54, 1.807) is 13.8 Å². The minimum Gasteiger partial charge on any atom is -0.481 e. The van der Waals surface area contributed by atoms with Crippen molar-refractivity contribution in [2.24, 2.45) is 0 Å². The molecule has 5 nitrogen and oxygen atoms in total. The van der Waals surface area contributed by atoms with E-state index in [0.717, 1.165) is 0 Å². The number of carbonyl (C=O) groups excluding carboxylic acids is 1. The molecule has 6 heteroatoms. The first-order valence-corrected chi connectivity index (χ1v) is 4.97. The van der Waals surface area contributed by atoms with Crippen molar-refractivity contribution in [2.45, 2.75) is 25.8 Å². The first kappa shape index (κ1) is 12.6. The van der Waals surface area contributed by atoms with Gasteiger partial charge in [0.15, 0.2) is 0 Å². The molecule has 0 spiro atoms. The summed E-state index contributed by atoms with van der Waals surface area (Å²) in [5, 5.41) is 11.2. The minimum absolute atomic E-state index is 0.0105. The molecule has 1 aromatic heterocycles. The van der Waals surface area contributed by atoms with Gasteiger partial charge in [0.2, 0.25) is 5.22 Å². The van der Waals surface area contributed by atoms with Crippen molar-refractivity contribution in [1.29, 1.82) is 0 Å². The van der Waals surface area contributed by atoms with Crippen LogP contribution in [0, 0.1) is 0 Å². The van der Waals surface area contributed by atoms with Crippen LogP contribution >= 0.6 is 11.6 Å². The van der Waals surface area contributed by atoms with E-state index in [2.05, 4.69) is 5.32 Å². The molecule has 1 heterocycles. The van der Waals surface area contributed by atoms with Crippen LogP contribution in [0.1, 0.15) is 30.6 Å². The van der Waals surface area contributed by atoms with Gasteiger partial charge in [-0.1, -0.05) is 0 Å². The molecule has 1 aromatic rings. The molecule has 0 bridgehead atoms. The van der Waals surface area contributed by atoms with E-state index in [0.29, 0.717) is 0 Å². The van der Waals surface area contributed by atoms with E-state index < -0.39 is 17.4 Å². The summed E-state index contributed by atoms with van der Waals surface area (Å²) in [6.07, 6.45) is 1.12. The molecule has 2 N–H and O–H groups in total. The van der Waals surface area contributed by atoms with Crippen LogP contribution in [0.2, 0.25) is 5.22 Å². The number of hydrogen-bond acceptors (Lipinski definition) is 3. The number of nitrogens with one attached hydrogen (secondary N) is 1. The Hall–Kier alpha value is -1.49.